The molecule has 468 valence electrons. The molecule has 5 heteroatoms. The molecule has 0 aliphatic rings. The highest BCUT2D eigenvalue weighted by molar-refractivity contribution is 6.97. The minimum absolute atomic E-state index is 0.174. The van der Waals surface area contributed by atoms with Crippen molar-refractivity contribution in [3.05, 3.63) is 317 Å². The maximum absolute atomic E-state index is 2.47. The molecule has 0 N–H and O–H groups in total. The van der Waals surface area contributed by atoms with Crippen LogP contribution in [0.2, 0.25) is 0 Å². The number of para-hydroxylation sites is 7. The Bertz CT molecular complexity index is 6690. The predicted octanol–water partition coefficient (Wildman–Crippen LogP) is 22.9. The van der Waals surface area contributed by atoms with E-state index in [2.05, 4.69) is 346 Å². The van der Waals surface area contributed by atoms with E-state index in [1.54, 1.807) is 0 Å². The molecular weight excluding hydrogens is 1200 g/mol. The molecule has 0 aliphatic carbocycles. The Kier molecular flexibility index (Phi) is 12.3. The monoisotopic (exact) mass is 1260 g/mol. The minimum atomic E-state index is 0.174. The summed E-state index contributed by atoms with van der Waals surface area (Å²) in [7, 11) is 0. The van der Waals surface area contributed by atoms with Gasteiger partial charge in [-0.15, -0.1) is 0 Å². The van der Waals surface area contributed by atoms with Crippen LogP contribution in [0.4, 0.5) is 0 Å². The van der Waals surface area contributed by atoms with E-state index in [4.69, 9.17) is 0 Å². The predicted molar refractivity (Wildman–Crippen MR) is 428 cm³/mol. The van der Waals surface area contributed by atoms with E-state index in [1.807, 2.05) is 0 Å². The lowest BCUT2D eigenvalue weighted by Crippen LogP contribution is -2.57. The number of aryl methyl sites for hydroxylation is 8. The van der Waals surface area contributed by atoms with Crippen molar-refractivity contribution >= 4 is 181 Å². The lowest BCUT2D eigenvalue weighted by molar-refractivity contribution is 1.16. The van der Waals surface area contributed by atoms with Crippen LogP contribution in [0.5, 0.6) is 0 Å². The molecule has 4 nitrogen and oxygen atoms in total. The fourth-order valence-electron chi connectivity index (χ4n) is 18.7. The van der Waals surface area contributed by atoms with Crippen molar-refractivity contribution in [3.63, 3.8) is 0 Å². The number of benzene rings is 15. The van der Waals surface area contributed by atoms with E-state index in [0.717, 1.165) is 0 Å². The summed E-state index contributed by atoms with van der Waals surface area (Å²) in [5, 5.41) is 23.8. The molecule has 0 amide bonds. The van der Waals surface area contributed by atoms with Crippen molar-refractivity contribution in [2.24, 2.45) is 0 Å². The molecule has 7 aromatic heterocycles. The van der Waals surface area contributed by atoms with Gasteiger partial charge in [0.1, 0.15) is 0 Å². The molecule has 0 atom stereocenters. The number of nitrogens with zero attached hydrogens (tertiary/aromatic N) is 4. The second-order valence-electron chi connectivity index (χ2n) is 28.4. The molecule has 0 aliphatic heterocycles. The van der Waals surface area contributed by atoms with Crippen LogP contribution in [-0.2, 0) is 0 Å². The Balaban J connectivity index is 0.000000102. The Morgan fingerprint density at radius 2 is 0.455 bits per heavy atom. The average molecular weight is 1270 g/mol. The zero-order chi connectivity index (χ0) is 66.4. The summed E-state index contributed by atoms with van der Waals surface area (Å²) < 4.78 is 9.85. The summed E-state index contributed by atoms with van der Waals surface area (Å²) in [6, 6.07) is 101. The molecule has 0 radical (unpaired) electrons. The number of hydrogen-bond acceptors (Lipinski definition) is 0. The van der Waals surface area contributed by atoms with Crippen LogP contribution < -0.4 is 16.4 Å². The highest BCUT2D eigenvalue weighted by Gasteiger charge is 2.32. The number of hydrogen-bond donors (Lipinski definition) is 0. The summed E-state index contributed by atoms with van der Waals surface area (Å²) >= 11 is 0. The highest BCUT2D eigenvalue weighted by Crippen LogP contribution is 2.46. The van der Waals surface area contributed by atoms with Gasteiger partial charge in [0.05, 0.1) is 60.7 Å². The van der Waals surface area contributed by atoms with E-state index < -0.39 is 0 Å². The number of rotatable bonds is 4. The zero-order valence-electron chi connectivity index (χ0n) is 56.8. The topological polar surface area (TPSA) is 18.2 Å². The van der Waals surface area contributed by atoms with Gasteiger partial charge in [-0.3, -0.25) is 0 Å². The third kappa shape index (κ3) is 8.22. The molecule has 0 spiro atoms. The van der Waals surface area contributed by atoms with E-state index >= 15 is 0 Å². The summed E-state index contributed by atoms with van der Waals surface area (Å²) in [5.41, 5.74) is 30.6. The standard InChI is InChI=1S/C38H38BN.C30H16N2.C26H15N/c1-23-17-25(3)36(26(4)18-23)39(37-27(5)19-24(2)20-28(37)6)38-29(7)21-31(22-30(38)8)40-34-15-11-9-13-32(34)33-14-10-12-16-35(33)40;1-3-13-25-17(7-1)19-9-5-11-21-23-16-28-24(15-27(23)31(25)29(19)21)22-12-6-10-20-18-8-2-4-14-26(18)32(28)30(20)22;1-3-8-18-14-24-22(12-16(18)6-1)20-10-5-11-21-23-13-17-7-2-4-9-19(17)15-25(23)27(24)26(20)21/h9-22H,1-8H3;1-16H;1-15H. The molecule has 0 fully saturated rings. The van der Waals surface area contributed by atoms with Crippen LogP contribution in [0.1, 0.15) is 44.5 Å². The molecule has 22 rings (SSSR count). The molecule has 0 saturated carbocycles. The van der Waals surface area contributed by atoms with Crippen LogP contribution in [0, 0.1) is 55.4 Å². The third-order valence-corrected chi connectivity index (χ3v) is 22.4. The van der Waals surface area contributed by atoms with E-state index in [1.165, 1.54) is 224 Å². The maximum Gasteiger partial charge on any atom is 0.243 e. The average Bonchev–Trinajstić information content (AvgIpc) is 1.54. The van der Waals surface area contributed by atoms with Crippen molar-refractivity contribution in [1.29, 1.82) is 0 Å². The van der Waals surface area contributed by atoms with Gasteiger partial charge in [-0.1, -0.05) is 261 Å². The Labute approximate surface area is 573 Å². The first-order valence-electron chi connectivity index (χ1n) is 34.9. The maximum atomic E-state index is 2.47. The quantitative estimate of drug-likeness (QED) is 0.156. The first-order chi connectivity index (χ1) is 48.4. The molecule has 7 heterocycles. The van der Waals surface area contributed by atoms with Gasteiger partial charge >= 0.3 is 0 Å². The Hall–Kier alpha value is -11.9. The third-order valence-electron chi connectivity index (χ3n) is 22.4. The van der Waals surface area contributed by atoms with Gasteiger partial charge in [0.25, 0.3) is 0 Å². The molecule has 0 unspecified atom stereocenters. The highest BCUT2D eigenvalue weighted by atomic mass is 15.0. The van der Waals surface area contributed by atoms with Gasteiger partial charge in [0.15, 0.2) is 0 Å². The largest absolute Gasteiger partial charge is 0.309 e. The zero-order valence-corrected chi connectivity index (χ0v) is 56.8. The van der Waals surface area contributed by atoms with Crippen LogP contribution in [-0.4, -0.2) is 24.5 Å². The second kappa shape index (κ2) is 21.3. The van der Waals surface area contributed by atoms with Crippen LogP contribution in [0.3, 0.4) is 0 Å². The van der Waals surface area contributed by atoms with Gasteiger partial charge < -0.3 is 17.8 Å². The van der Waals surface area contributed by atoms with E-state index in [9.17, 15) is 0 Å². The van der Waals surface area contributed by atoms with E-state index in [0.29, 0.717) is 0 Å². The summed E-state index contributed by atoms with van der Waals surface area (Å²) in [6.07, 6.45) is 0. The lowest BCUT2D eigenvalue weighted by atomic mass is 9.33. The normalized spacial score (nSPS) is 12.2. The Morgan fingerprint density at radius 1 is 0.202 bits per heavy atom. The first-order valence-corrected chi connectivity index (χ1v) is 34.9. The molecule has 0 saturated heterocycles. The Morgan fingerprint density at radius 3 is 0.818 bits per heavy atom. The van der Waals surface area contributed by atoms with Crippen LogP contribution in [0.25, 0.3) is 163 Å². The lowest BCUT2D eigenvalue weighted by Gasteiger charge is -2.27. The van der Waals surface area contributed by atoms with Crippen LogP contribution >= 0.6 is 0 Å². The van der Waals surface area contributed by atoms with Gasteiger partial charge in [-0.25, -0.2) is 0 Å². The van der Waals surface area contributed by atoms with Crippen molar-refractivity contribution in [1.82, 2.24) is 17.8 Å². The molecular formula is C94H69BN4. The van der Waals surface area contributed by atoms with Crippen molar-refractivity contribution in [2.75, 3.05) is 0 Å². The smallest absolute Gasteiger partial charge is 0.243 e. The summed E-state index contributed by atoms with van der Waals surface area (Å²) in [6.45, 7) is 18.4. The van der Waals surface area contributed by atoms with Crippen molar-refractivity contribution in [2.45, 2.75) is 55.4 Å². The fraction of sp³-hybridized carbons (Fsp3) is 0.0851. The van der Waals surface area contributed by atoms with Gasteiger partial charge in [-0.05, 0) is 150 Å². The second-order valence-corrected chi connectivity index (χ2v) is 28.4. The van der Waals surface area contributed by atoms with Crippen LogP contribution in [0.15, 0.2) is 273 Å². The number of fused-ring (bicyclic) bond motifs is 23. The first kappa shape index (κ1) is 57.3. The SMILES string of the molecule is Cc1cc(C)c(B(c2c(C)cc(C)cc2C)c2c(C)cc(-n3c4ccccc4c4ccccc43)cc2C)c(C)c1.c1ccc2c(c1)c1cccc3c4cc5c(cc4n2c13)c1cccc2c3ccccc3n5c21.c1ccc2cc3c(cc2c1)c1cccc2c4cc5ccccc5cc4n3c12. The van der Waals surface area contributed by atoms with Gasteiger partial charge in [0.2, 0.25) is 6.71 Å². The molecule has 15 aromatic carbocycles. The molecule has 22 aromatic rings. The minimum Gasteiger partial charge on any atom is -0.309 e. The van der Waals surface area contributed by atoms with Crippen molar-refractivity contribution in [3.8, 4) is 5.69 Å². The fourth-order valence-corrected chi connectivity index (χ4v) is 18.7. The summed E-state index contributed by atoms with van der Waals surface area (Å²) in [5.74, 6) is 0. The molecule has 99 heavy (non-hydrogen) atoms. The van der Waals surface area contributed by atoms with Gasteiger partial charge in [0, 0.05) is 81.1 Å². The molecule has 0 bridgehead atoms. The number of aromatic nitrogens is 4. The van der Waals surface area contributed by atoms with Crippen molar-refractivity contribution < 1.29 is 0 Å². The van der Waals surface area contributed by atoms with E-state index in [-0.39, 0.29) is 6.71 Å². The summed E-state index contributed by atoms with van der Waals surface area (Å²) in [4.78, 5) is 0. The van der Waals surface area contributed by atoms with Gasteiger partial charge in [-0.2, -0.15) is 0 Å².